The Hall–Kier alpha value is -3.13. The van der Waals surface area contributed by atoms with Crippen molar-refractivity contribution in [3.63, 3.8) is 0 Å². The first-order chi connectivity index (χ1) is 10.2. The van der Waals surface area contributed by atoms with Gasteiger partial charge in [-0.1, -0.05) is 0 Å². The molecule has 0 aliphatic heterocycles. The number of aromatic nitrogens is 2. The van der Waals surface area contributed by atoms with Gasteiger partial charge in [0.05, 0.1) is 29.4 Å². The SMILES string of the molecule is N#Cc1ccc2c(ccn2Cc2ccc(C(=O)O)cn2)c1. The zero-order valence-electron chi connectivity index (χ0n) is 11.0. The molecule has 5 heteroatoms. The van der Waals surface area contributed by atoms with E-state index in [1.54, 1.807) is 18.2 Å². The van der Waals surface area contributed by atoms with Crippen molar-refractivity contribution in [2.24, 2.45) is 0 Å². The summed E-state index contributed by atoms with van der Waals surface area (Å²) in [4.78, 5) is 15.0. The summed E-state index contributed by atoms with van der Waals surface area (Å²) >= 11 is 0. The second kappa shape index (κ2) is 5.10. The van der Waals surface area contributed by atoms with Crippen molar-refractivity contribution in [2.45, 2.75) is 6.54 Å². The van der Waals surface area contributed by atoms with Crippen LogP contribution in [-0.4, -0.2) is 20.6 Å². The molecule has 0 aliphatic rings. The quantitative estimate of drug-likeness (QED) is 0.798. The number of carbonyl (C=O) groups is 1. The Kier molecular flexibility index (Phi) is 3.13. The number of nitriles is 1. The maximum Gasteiger partial charge on any atom is 0.337 e. The fraction of sp³-hybridized carbons (Fsp3) is 0.0625. The number of hydrogen-bond donors (Lipinski definition) is 1. The minimum Gasteiger partial charge on any atom is -0.478 e. The average Bonchev–Trinajstić information content (AvgIpc) is 2.90. The number of nitrogens with zero attached hydrogens (tertiary/aromatic N) is 3. The van der Waals surface area contributed by atoms with Crippen molar-refractivity contribution in [1.29, 1.82) is 5.26 Å². The van der Waals surface area contributed by atoms with E-state index in [9.17, 15) is 4.79 Å². The molecule has 0 fully saturated rings. The molecule has 0 unspecified atom stereocenters. The van der Waals surface area contributed by atoms with Gasteiger partial charge < -0.3 is 9.67 Å². The van der Waals surface area contributed by atoms with Crippen molar-refractivity contribution in [3.05, 3.63) is 65.6 Å². The number of fused-ring (bicyclic) bond motifs is 1. The predicted octanol–water partition coefficient (Wildman–Crippen LogP) is 2.65. The first-order valence-electron chi connectivity index (χ1n) is 6.34. The van der Waals surface area contributed by atoms with E-state index in [1.165, 1.54) is 6.20 Å². The van der Waals surface area contributed by atoms with Crippen LogP contribution in [0, 0.1) is 11.3 Å². The summed E-state index contributed by atoms with van der Waals surface area (Å²) in [6.45, 7) is 0.551. The average molecular weight is 277 g/mol. The first kappa shape index (κ1) is 12.9. The van der Waals surface area contributed by atoms with E-state index in [2.05, 4.69) is 11.1 Å². The van der Waals surface area contributed by atoms with E-state index in [0.717, 1.165) is 16.6 Å². The summed E-state index contributed by atoms with van der Waals surface area (Å²) in [6, 6.07) is 12.8. The lowest BCUT2D eigenvalue weighted by atomic mass is 10.2. The molecule has 0 aliphatic carbocycles. The Bertz CT molecular complexity index is 857. The van der Waals surface area contributed by atoms with Gasteiger partial charge >= 0.3 is 5.97 Å². The van der Waals surface area contributed by atoms with Gasteiger partial charge in [-0.2, -0.15) is 5.26 Å². The molecule has 102 valence electrons. The van der Waals surface area contributed by atoms with Crippen LogP contribution < -0.4 is 0 Å². The van der Waals surface area contributed by atoms with E-state index in [-0.39, 0.29) is 5.56 Å². The fourth-order valence-corrected chi connectivity index (χ4v) is 2.23. The molecule has 0 radical (unpaired) electrons. The van der Waals surface area contributed by atoms with Crippen LogP contribution in [0.4, 0.5) is 0 Å². The third-order valence-corrected chi connectivity index (χ3v) is 3.30. The lowest BCUT2D eigenvalue weighted by Crippen LogP contribution is -2.03. The highest BCUT2D eigenvalue weighted by Crippen LogP contribution is 2.18. The van der Waals surface area contributed by atoms with Crippen LogP contribution in [0.1, 0.15) is 21.6 Å². The van der Waals surface area contributed by atoms with Gasteiger partial charge in [-0.3, -0.25) is 4.98 Å². The number of pyridine rings is 1. The Labute approximate surface area is 120 Å². The van der Waals surface area contributed by atoms with E-state index in [1.807, 2.05) is 29.0 Å². The van der Waals surface area contributed by atoms with Crippen LogP contribution in [-0.2, 0) is 6.54 Å². The summed E-state index contributed by atoms with van der Waals surface area (Å²) in [5.41, 5.74) is 2.60. The topological polar surface area (TPSA) is 78.9 Å². The highest BCUT2D eigenvalue weighted by atomic mass is 16.4. The monoisotopic (exact) mass is 277 g/mol. The van der Waals surface area contributed by atoms with Crippen LogP contribution in [0.25, 0.3) is 10.9 Å². The van der Waals surface area contributed by atoms with Gasteiger partial charge in [0.2, 0.25) is 0 Å². The molecule has 21 heavy (non-hydrogen) atoms. The number of benzene rings is 1. The molecule has 0 amide bonds. The number of carboxylic acid groups (broad SMARTS) is 1. The lowest BCUT2D eigenvalue weighted by Gasteiger charge is -2.05. The Balaban J connectivity index is 1.91. The van der Waals surface area contributed by atoms with Gasteiger partial charge in [-0.15, -0.1) is 0 Å². The van der Waals surface area contributed by atoms with Gasteiger partial charge in [0, 0.05) is 23.3 Å². The molecule has 0 atom stereocenters. The number of carboxylic acids is 1. The molecular formula is C16H11N3O2. The largest absolute Gasteiger partial charge is 0.478 e. The third kappa shape index (κ3) is 2.47. The van der Waals surface area contributed by atoms with Crippen LogP contribution in [0.5, 0.6) is 0 Å². The molecular weight excluding hydrogens is 266 g/mol. The summed E-state index contributed by atoms with van der Waals surface area (Å²) in [5.74, 6) is -0.982. The van der Waals surface area contributed by atoms with Crippen molar-refractivity contribution in [1.82, 2.24) is 9.55 Å². The molecule has 0 bridgehead atoms. The number of rotatable bonds is 3. The Morgan fingerprint density at radius 3 is 2.81 bits per heavy atom. The molecule has 0 saturated heterocycles. The fourth-order valence-electron chi connectivity index (χ4n) is 2.23. The number of hydrogen-bond acceptors (Lipinski definition) is 3. The molecule has 2 aromatic heterocycles. The minimum absolute atomic E-state index is 0.176. The van der Waals surface area contributed by atoms with Crippen LogP contribution in [0.2, 0.25) is 0 Å². The smallest absolute Gasteiger partial charge is 0.337 e. The highest BCUT2D eigenvalue weighted by molar-refractivity contribution is 5.87. The second-order valence-corrected chi connectivity index (χ2v) is 4.67. The van der Waals surface area contributed by atoms with Crippen molar-refractivity contribution < 1.29 is 9.90 Å². The molecule has 0 saturated carbocycles. The molecule has 0 spiro atoms. The molecule has 3 rings (SSSR count). The summed E-state index contributed by atoms with van der Waals surface area (Å²) in [6.07, 6.45) is 3.29. The molecule has 3 aromatic rings. The van der Waals surface area contributed by atoms with E-state index in [0.29, 0.717) is 12.1 Å². The maximum absolute atomic E-state index is 10.8. The zero-order valence-corrected chi connectivity index (χ0v) is 11.0. The summed E-state index contributed by atoms with van der Waals surface area (Å²) in [7, 11) is 0. The molecule has 5 nitrogen and oxygen atoms in total. The highest BCUT2D eigenvalue weighted by Gasteiger charge is 2.06. The predicted molar refractivity (Wildman–Crippen MR) is 77.0 cm³/mol. The lowest BCUT2D eigenvalue weighted by molar-refractivity contribution is 0.0696. The second-order valence-electron chi connectivity index (χ2n) is 4.67. The van der Waals surface area contributed by atoms with Gasteiger partial charge in [0.25, 0.3) is 0 Å². The summed E-state index contributed by atoms with van der Waals surface area (Å²) < 4.78 is 2.01. The number of aromatic carboxylic acids is 1. The van der Waals surface area contributed by atoms with Crippen molar-refractivity contribution in [3.8, 4) is 6.07 Å². The van der Waals surface area contributed by atoms with E-state index >= 15 is 0 Å². The summed E-state index contributed by atoms with van der Waals surface area (Å²) in [5, 5.41) is 18.7. The Morgan fingerprint density at radius 1 is 1.29 bits per heavy atom. The zero-order chi connectivity index (χ0) is 14.8. The molecule has 2 heterocycles. The maximum atomic E-state index is 10.8. The standard InChI is InChI=1S/C16H11N3O2/c17-8-11-1-4-15-12(7-11)5-6-19(15)10-14-3-2-13(9-18-14)16(20)21/h1-7,9H,10H2,(H,20,21). The third-order valence-electron chi connectivity index (χ3n) is 3.30. The molecule has 1 aromatic carbocycles. The van der Waals surface area contributed by atoms with Crippen LogP contribution in [0.15, 0.2) is 48.8 Å². The van der Waals surface area contributed by atoms with Gasteiger partial charge in [-0.05, 0) is 36.4 Å². The van der Waals surface area contributed by atoms with Crippen molar-refractivity contribution >= 4 is 16.9 Å². The Morgan fingerprint density at radius 2 is 2.14 bits per heavy atom. The van der Waals surface area contributed by atoms with Gasteiger partial charge in [0.1, 0.15) is 0 Å². The first-order valence-corrected chi connectivity index (χ1v) is 6.34. The van der Waals surface area contributed by atoms with E-state index < -0.39 is 5.97 Å². The van der Waals surface area contributed by atoms with Gasteiger partial charge in [-0.25, -0.2) is 4.79 Å². The van der Waals surface area contributed by atoms with Crippen LogP contribution in [0.3, 0.4) is 0 Å². The van der Waals surface area contributed by atoms with Gasteiger partial charge in [0.15, 0.2) is 0 Å². The van der Waals surface area contributed by atoms with E-state index in [4.69, 9.17) is 10.4 Å². The van der Waals surface area contributed by atoms with Crippen LogP contribution >= 0.6 is 0 Å². The minimum atomic E-state index is -0.982. The normalized spacial score (nSPS) is 10.4. The molecule has 1 N–H and O–H groups in total. The van der Waals surface area contributed by atoms with Crippen molar-refractivity contribution in [2.75, 3.05) is 0 Å².